The molecule has 0 saturated carbocycles. The number of carbonyl (C=O) groups excluding carboxylic acids is 1. The summed E-state index contributed by atoms with van der Waals surface area (Å²) in [7, 11) is 0. The zero-order valence-corrected chi connectivity index (χ0v) is 17.5. The van der Waals surface area contributed by atoms with Crippen LogP contribution in [0.5, 0.6) is 0 Å². The van der Waals surface area contributed by atoms with Crippen LogP contribution in [0.4, 0.5) is 0 Å². The van der Waals surface area contributed by atoms with E-state index < -0.39 is 0 Å². The second-order valence-corrected chi connectivity index (χ2v) is 7.86. The van der Waals surface area contributed by atoms with Crippen LogP contribution in [-0.2, 0) is 11.3 Å². The van der Waals surface area contributed by atoms with Gasteiger partial charge in [0.15, 0.2) is 0 Å². The first-order valence-electron chi connectivity index (χ1n) is 8.96. The SMILES string of the molecule is O=C(CN1CCN(Cc2ccc(Cl)cc2)CC1)N/N=C\c1c(Cl)cccc1Cl. The lowest BCUT2D eigenvalue weighted by Crippen LogP contribution is -2.48. The summed E-state index contributed by atoms with van der Waals surface area (Å²) in [5.41, 5.74) is 4.36. The van der Waals surface area contributed by atoms with Gasteiger partial charge in [0, 0.05) is 43.3 Å². The molecule has 3 rings (SSSR count). The van der Waals surface area contributed by atoms with E-state index in [-0.39, 0.29) is 5.91 Å². The number of halogens is 3. The molecule has 0 radical (unpaired) electrons. The number of hydrazone groups is 1. The standard InChI is InChI=1S/C20H21Cl3N4O/c21-16-6-4-15(5-7-16)13-26-8-10-27(11-9-26)14-20(28)25-24-12-17-18(22)2-1-3-19(17)23/h1-7,12H,8-11,13-14H2,(H,25,28)/b24-12-. The zero-order valence-electron chi connectivity index (χ0n) is 15.2. The molecule has 0 aromatic heterocycles. The Kier molecular flexibility index (Phi) is 7.71. The van der Waals surface area contributed by atoms with Crippen molar-refractivity contribution in [1.29, 1.82) is 0 Å². The first-order valence-corrected chi connectivity index (χ1v) is 10.1. The van der Waals surface area contributed by atoms with Crippen molar-refractivity contribution >= 4 is 46.9 Å². The molecule has 1 amide bonds. The van der Waals surface area contributed by atoms with Crippen LogP contribution in [0.1, 0.15) is 11.1 Å². The minimum absolute atomic E-state index is 0.162. The molecule has 0 atom stereocenters. The summed E-state index contributed by atoms with van der Waals surface area (Å²) in [6, 6.07) is 13.1. The molecule has 1 saturated heterocycles. The summed E-state index contributed by atoms with van der Waals surface area (Å²) >= 11 is 18.1. The maximum absolute atomic E-state index is 12.1. The van der Waals surface area contributed by atoms with Gasteiger partial charge in [-0.3, -0.25) is 14.6 Å². The lowest BCUT2D eigenvalue weighted by molar-refractivity contribution is -0.122. The van der Waals surface area contributed by atoms with Gasteiger partial charge in [-0.15, -0.1) is 0 Å². The van der Waals surface area contributed by atoms with E-state index in [0.717, 1.165) is 37.7 Å². The maximum atomic E-state index is 12.1. The number of hydrogen-bond acceptors (Lipinski definition) is 4. The normalized spacial score (nSPS) is 15.8. The number of amides is 1. The molecule has 0 spiro atoms. The van der Waals surface area contributed by atoms with E-state index >= 15 is 0 Å². The van der Waals surface area contributed by atoms with E-state index in [2.05, 4.69) is 20.3 Å². The molecule has 1 N–H and O–H groups in total. The highest BCUT2D eigenvalue weighted by Gasteiger charge is 2.18. The van der Waals surface area contributed by atoms with Crippen molar-refractivity contribution in [3.63, 3.8) is 0 Å². The number of carbonyl (C=O) groups is 1. The van der Waals surface area contributed by atoms with Gasteiger partial charge in [-0.1, -0.05) is 53.0 Å². The number of benzene rings is 2. The molecule has 1 fully saturated rings. The lowest BCUT2D eigenvalue weighted by atomic mass is 10.2. The van der Waals surface area contributed by atoms with E-state index in [1.807, 2.05) is 24.3 Å². The monoisotopic (exact) mass is 438 g/mol. The zero-order chi connectivity index (χ0) is 19.9. The maximum Gasteiger partial charge on any atom is 0.254 e. The Morgan fingerprint density at radius 1 is 0.964 bits per heavy atom. The Morgan fingerprint density at radius 2 is 1.57 bits per heavy atom. The topological polar surface area (TPSA) is 47.9 Å². The average molecular weight is 440 g/mol. The molecule has 1 aliphatic heterocycles. The van der Waals surface area contributed by atoms with Gasteiger partial charge in [0.05, 0.1) is 22.8 Å². The molecule has 5 nitrogen and oxygen atoms in total. The minimum Gasteiger partial charge on any atom is -0.297 e. The Balaban J connectivity index is 1.41. The van der Waals surface area contributed by atoms with Crippen LogP contribution in [0.25, 0.3) is 0 Å². The Bertz CT molecular complexity index is 814. The van der Waals surface area contributed by atoms with Gasteiger partial charge in [-0.2, -0.15) is 5.10 Å². The third kappa shape index (κ3) is 6.19. The highest BCUT2D eigenvalue weighted by atomic mass is 35.5. The number of nitrogens with one attached hydrogen (secondary N) is 1. The average Bonchev–Trinajstić information content (AvgIpc) is 2.67. The van der Waals surface area contributed by atoms with Crippen LogP contribution in [0.3, 0.4) is 0 Å². The second-order valence-electron chi connectivity index (χ2n) is 6.61. The van der Waals surface area contributed by atoms with Gasteiger partial charge in [0.1, 0.15) is 0 Å². The lowest BCUT2D eigenvalue weighted by Gasteiger charge is -2.34. The van der Waals surface area contributed by atoms with Gasteiger partial charge in [-0.25, -0.2) is 5.43 Å². The van der Waals surface area contributed by atoms with Crippen molar-refractivity contribution in [2.45, 2.75) is 6.54 Å². The molecule has 1 aliphatic rings. The van der Waals surface area contributed by atoms with E-state index in [9.17, 15) is 4.79 Å². The Labute approximate surface area is 179 Å². The van der Waals surface area contributed by atoms with E-state index in [0.29, 0.717) is 22.2 Å². The minimum atomic E-state index is -0.162. The molecule has 0 bridgehead atoms. The van der Waals surface area contributed by atoms with Crippen LogP contribution < -0.4 is 5.43 Å². The predicted molar refractivity (Wildman–Crippen MR) is 115 cm³/mol. The van der Waals surface area contributed by atoms with Gasteiger partial charge in [0.2, 0.25) is 0 Å². The summed E-state index contributed by atoms with van der Waals surface area (Å²) in [5, 5.41) is 5.69. The largest absolute Gasteiger partial charge is 0.297 e. The highest BCUT2D eigenvalue weighted by Crippen LogP contribution is 2.22. The van der Waals surface area contributed by atoms with E-state index in [1.54, 1.807) is 18.2 Å². The van der Waals surface area contributed by atoms with E-state index in [1.165, 1.54) is 11.8 Å². The molecule has 1 heterocycles. The second kappa shape index (κ2) is 10.2. The van der Waals surface area contributed by atoms with Crippen LogP contribution >= 0.6 is 34.8 Å². The fourth-order valence-corrected chi connectivity index (χ4v) is 3.62. The van der Waals surface area contributed by atoms with Crippen molar-refractivity contribution in [2.75, 3.05) is 32.7 Å². The Hall–Kier alpha value is -1.63. The van der Waals surface area contributed by atoms with Crippen molar-refractivity contribution in [3.05, 3.63) is 68.7 Å². The van der Waals surface area contributed by atoms with Crippen molar-refractivity contribution < 1.29 is 4.79 Å². The molecule has 0 unspecified atom stereocenters. The van der Waals surface area contributed by atoms with Crippen LogP contribution in [0.2, 0.25) is 15.1 Å². The Morgan fingerprint density at radius 3 is 2.21 bits per heavy atom. The highest BCUT2D eigenvalue weighted by molar-refractivity contribution is 6.38. The van der Waals surface area contributed by atoms with Gasteiger partial charge < -0.3 is 0 Å². The fourth-order valence-electron chi connectivity index (χ4n) is 2.99. The van der Waals surface area contributed by atoms with Gasteiger partial charge in [-0.05, 0) is 29.8 Å². The predicted octanol–water partition coefficient (Wildman–Crippen LogP) is 3.91. The molecule has 8 heteroatoms. The summed E-state index contributed by atoms with van der Waals surface area (Å²) in [6.45, 7) is 4.69. The summed E-state index contributed by atoms with van der Waals surface area (Å²) in [6.07, 6.45) is 1.46. The number of nitrogens with zero attached hydrogens (tertiary/aromatic N) is 3. The summed E-state index contributed by atoms with van der Waals surface area (Å²) in [4.78, 5) is 16.6. The molecule has 0 aliphatic carbocycles. The molecular weight excluding hydrogens is 419 g/mol. The van der Waals surface area contributed by atoms with Crippen molar-refractivity contribution in [3.8, 4) is 0 Å². The first-order chi connectivity index (χ1) is 13.5. The van der Waals surface area contributed by atoms with Crippen molar-refractivity contribution in [2.24, 2.45) is 5.10 Å². The van der Waals surface area contributed by atoms with Crippen molar-refractivity contribution in [1.82, 2.24) is 15.2 Å². The van der Waals surface area contributed by atoms with Gasteiger partial charge in [0.25, 0.3) is 5.91 Å². The van der Waals surface area contributed by atoms with Crippen LogP contribution in [-0.4, -0.2) is 54.6 Å². The van der Waals surface area contributed by atoms with Crippen LogP contribution in [0, 0.1) is 0 Å². The first kappa shape index (κ1) is 21.1. The number of piperazine rings is 1. The molecule has 2 aromatic carbocycles. The summed E-state index contributed by atoms with van der Waals surface area (Å²) in [5.74, 6) is -0.162. The molecule has 148 valence electrons. The fraction of sp³-hybridized carbons (Fsp3) is 0.300. The molecule has 2 aromatic rings. The van der Waals surface area contributed by atoms with Gasteiger partial charge >= 0.3 is 0 Å². The smallest absolute Gasteiger partial charge is 0.254 e. The van der Waals surface area contributed by atoms with E-state index in [4.69, 9.17) is 34.8 Å². The third-order valence-corrected chi connectivity index (χ3v) is 5.45. The third-order valence-electron chi connectivity index (χ3n) is 4.53. The summed E-state index contributed by atoms with van der Waals surface area (Å²) < 4.78 is 0. The number of rotatable bonds is 6. The number of hydrogen-bond donors (Lipinski definition) is 1. The molecular formula is C20H21Cl3N4O. The molecule has 28 heavy (non-hydrogen) atoms. The van der Waals surface area contributed by atoms with Crippen LogP contribution in [0.15, 0.2) is 47.6 Å². The quantitative estimate of drug-likeness (QED) is 0.548.